The zero-order chi connectivity index (χ0) is 29.3. The van der Waals surface area contributed by atoms with E-state index in [0.29, 0.717) is 21.4 Å². The summed E-state index contributed by atoms with van der Waals surface area (Å²) < 4.78 is 11.2. The van der Waals surface area contributed by atoms with Crippen LogP contribution >= 0.6 is 23.2 Å². The monoisotopic (exact) mass is 585 g/mol. The lowest BCUT2D eigenvalue weighted by atomic mass is 9.90. The fraction of sp³-hybridized carbons (Fsp3) is 0.323. The Morgan fingerprint density at radius 2 is 1.45 bits per heavy atom. The molecule has 0 heterocycles. The molecule has 0 radical (unpaired) electrons. The number of alkyl carbamates (subject to hydrolysis) is 1. The van der Waals surface area contributed by atoms with E-state index in [0.717, 1.165) is 11.1 Å². The highest BCUT2D eigenvalue weighted by molar-refractivity contribution is 6.35. The summed E-state index contributed by atoms with van der Waals surface area (Å²) in [6.07, 6.45) is -0.656. The summed E-state index contributed by atoms with van der Waals surface area (Å²) in [7, 11) is 0. The van der Waals surface area contributed by atoms with Gasteiger partial charge in [0.1, 0.15) is 18.0 Å². The van der Waals surface area contributed by atoms with E-state index >= 15 is 0 Å². The highest BCUT2D eigenvalue weighted by Crippen LogP contribution is 2.26. The smallest absolute Gasteiger partial charge is 0.408 e. The predicted molar refractivity (Wildman–Crippen MR) is 155 cm³/mol. The molecule has 7 nitrogen and oxygen atoms in total. The number of carboxylic acid groups (broad SMARTS) is 1. The minimum atomic E-state index is -1.08. The molecular weight excluding hydrogens is 553 g/mol. The van der Waals surface area contributed by atoms with E-state index in [2.05, 4.69) is 5.32 Å². The minimum Gasteiger partial charge on any atom is -0.489 e. The normalized spacial score (nSPS) is 12.7. The van der Waals surface area contributed by atoms with Crippen molar-refractivity contribution in [3.05, 3.63) is 99.5 Å². The summed E-state index contributed by atoms with van der Waals surface area (Å²) in [4.78, 5) is 37.9. The van der Waals surface area contributed by atoms with Crippen LogP contribution in [0.1, 0.15) is 43.9 Å². The molecule has 0 aromatic heterocycles. The molecular formula is C31H33Cl2NO6. The van der Waals surface area contributed by atoms with Crippen LogP contribution in [0.3, 0.4) is 0 Å². The molecule has 3 rings (SSSR count). The maximum Gasteiger partial charge on any atom is 0.408 e. The van der Waals surface area contributed by atoms with Gasteiger partial charge in [-0.1, -0.05) is 71.7 Å². The third-order valence-electron chi connectivity index (χ3n) is 6.01. The molecule has 3 aromatic rings. The van der Waals surface area contributed by atoms with E-state index in [9.17, 15) is 19.5 Å². The van der Waals surface area contributed by atoms with E-state index in [4.69, 9.17) is 32.7 Å². The zero-order valence-electron chi connectivity index (χ0n) is 22.7. The Kier molecular flexibility index (Phi) is 11.0. The van der Waals surface area contributed by atoms with Crippen molar-refractivity contribution in [2.75, 3.05) is 0 Å². The third kappa shape index (κ3) is 9.88. The molecule has 9 heteroatoms. The number of benzene rings is 3. The molecule has 0 saturated carbocycles. The first-order chi connectivity index (χ1) is 18.9. The van der Waals surface area contributed by atoms with Crippen molar-refractivity contribution in [1.29, 1.82) is 0 Å². The van der Waals surface area contributed by atoms with E-state index < -0.39 is 35.4 Å². The Morgan fingerprint density at radius 3 is 2.02 bits per heavy atom. The van der Waals surface area contributed by atoms with Gasteiger partial charge in [0.15, 0.2) is 5.78 Å². The van der Waals surface area contributed by atoms with Gasteiger partial charge in [0.2, 0.25) is 0 Å². The van der Waals surface area contributed by atoms with Crippen LogP contribution in [0.25, 0.3) is 0 Å². The number of aliphatic carboxylic acids is 1. The first-order valence-corrected chi connectivity index (χ1v) is 13.6. The number of carbonyl (C=O) groups excluding carboxylic acids is 2. The number of halogens is 2. The largest absolute Gasteiger partial charge is 0.489 e. The molecule has 0 unspecified atom stereocenters. The number of ether oxygens (including phenoxy) is 2. The lowest BCUT2D eigenvalue weighted by molar-refractivity contribution is -0.143. The molecule has 2 N–H and O–H groups in total. The number of hydrogen-bond acceptors (Lipinski definition) is 5. The van der Waals surface area contributed by atoms with Gasteiger partial charge < -0.3 is 19.9 Å². The average Bonchev–Trinajstić information content (AvgIpc) is 2.88. The topological polar surface area (TPSA) is 102 Å². The van der Waals surface area contributed by atoms with Crippen molar-refractivity contribution < 1.29 is 29.0 Å². The first kappa shape index (κ1) is 31.0. The molecule has 0 aliphatic carbocycles. The molecule has 40 heavy (non-hydrogen) atoms. The molecule has 0 fully saturated rings. The molecule has 1 amide bonds. The van der Waals surface area contributed by atoms with E-state index in [1.54, 1.807) is 63.2 Å². The number of Topliss-reactive ketones (excluding diaryl/α,β-unsaturated/α-hetero) is 1. The fourth-order valence-electron chi connectivity index (χ4n) is 4.01. The highest BCUT2D eigenvalue weighted by Gasteiger charge is 2.29. The van der Waals surface area contributed by atoms with Gasteiger partial charge in [-0.15, -0.1) is 0 Å². The fourth-order valence-corrected chi connectivity index (χ4v) is 4.52. The van der Waals surface area contributed by atoms with Crippen LogP contribution in [0.15, 0.2) is 72.8 Å². The Hall–Kier alpha value is -3.55. The summed E-state index contributed by atoms with van der Waals surface area (Å²) in [6.45, 7) is 5.34. The van der Waals surface area contributed by atoms with Crippen LogP contribution in [0.2, 0.25) is 10.0 Å². The highest BCUT2D eigenvalue weighted by atomic mass is 35.5. The van der Waals surface area contributed by atoms with Gasteiger partial charge in [0.25, 0.3) is 0 Å². The van der Waals surface area contributed by atoms with Crippen LogP contribution < -0.4 is 10.1 Å². The number of hydrogen-bond donors (Lipinski definition) is 2. The number of nitrogens with one attached hydrogen (secondary N) is 1. The van der Waals surface area contributed by atoms with Crippen LogP contribution in [0, 0.1) is 5.92 Å². The van der Waals surface area contributed by atoms with Crippen LogP contribution in [-0.4, -0.2) is 34.6 Å². The Morgan fingerprint density at radius 1 is 0.850 bits per heavy atom. The second kappa shape index (κ2) is 14.2. The van der Waals surface area contributed by atoms with Crippen molar-refractivity contribution in [3.8, 4) is 5.75 Å². The minimum absolute atomic E-state index is 0.145. The molecule has 212 valence electrons. The van der Waals surface area contributed by atoms with Gasteiger partial charge in [-0.2, -0.15) is 0 Å². The summed E-state index contributed by atoms with van der Waals surface area (Å²) in [5, 5.41) is 13.4. The molecule has 0 aliphatic rings. The molecule has 0 aliphatic heterocycles. The number of rotatable bonds is 12. The zero-order valence-corrected chi connectivity index (χ0v) is 24.2. The first-order valence-electron chi connectivity index (χ1n) is 12.8. The molecule has 2 atom stereocenters. The van der Waals surface area contributed by atoms with Crippen LogP contribution in [-0.2, 0) is 33.8 Å². The lowest BCUT2D eigenvalue weighted by Crippen LogP contribution is -2.45. The van der Waals surface area contributed by atoms with E-state index in [-0.39, 0.29) is 25.9 Å². The maximum absolute atomic E-state index is 13.4. The number of amides is 1. The van der Waals surface area contributed by atoms with Crippen LogP contribution in [0.4, 0.5) is 4.79 Å². The second-order valence-corrected chi connectivity index (χ2v) is 11.2. The number of carboxylic acids is 1. The number of carbonyl (C=O) groups is 3. The van der Waals surface area contributed by atoms with Gasteiger partial charge in [-0.3, -0.25) is 9.59 Å². The summed E-state index contributed by atoms with van der Waals surface area (Å²) in [5.74, 6) is -1.85. The molecule has 0 spiro atoms. The summed E-state index contributed by atoms with van der Waals surface area (Å²) in [5.41, 5.74) is 1.46. The standard InChI is InChI=1S/C31H33Cl2NO6/c1-31(2,3)40-30(38)34-27(28(35)18-22(29(36)37)16-20-8-5-4-6-9-20)17-21-12-14-23(15-13-21)39-19-24-25(32)10-7-11-26(24)33/h4-15,22,27H,16-19H2,1-3H3,(H,34,38)(H,36,37)/t22-,27+/m1/s1. The predicted octanol–water partition coefficient (Wildman–Crippen LogP) is 6.91. The van der Waals surface area contributed by atoms with Crippen molar-refractivity contribution in [2.45, 2.75) is 58.3 Å². The molecule has 3 aromatic carbocycles. The number of ketones is 1. The van der Waals surface area contributed by atoms with Crippen molar-refractivity contribution in [2.24, 2.45) is 5.92 Å². The average molecular weight is 587 g/mol. The Bertz CT molecular complexity index is 1290. The van der Waals surface area contributed by atoms with E-state index in [1.807, 2.05) is 30.3 Å². The van der Waals surface area contributed by atoms with Gasteiger partial charge in [0, 0.05) is 22.0 Å². The van der Waals surface area contributed by atoms with Crippen LogP contribution in [0.5, 0.6) is 5.75 Å². The van der Waals surface area contributed by atoms with E-state index in [1.165, 1.54) is 0 Å². The van der Waals surface area contributed by atoms with Crippen molar-refractivity contribution >= 4 is 41.0 Å². The van der Waals surface area contributed by atoms with Gasteiger partial charge in [-0.25, -0.2) is 4.79 Å². The SMILES string of the molecule is CC(C)(C)OC(=O)N[C@@H](Cc1ccc(OCc2c(Cl)cccc2Cl)cc1)C(=O)C[C@@H](Cc1ccccc1)C(=O)O. The lowest BCUT2D eigenvalue weighted by Gasteiger charge is -2.24. The third-order valence-corrected chi connectivity index (χ3v) is 6.72. The summed E-state index contributed by atoms with van der Waals surface area (Å²) in [6, 6.07) is 20.4. The van der Waals surface area contributed by atoms with Crippen molar-refractivity contribution in [3.63, 3.8) is 0 Å². The van der Waals surface area contributed by atoms with Crippen molar-refractivity contribution in [1.82, 2.24) is 5.32 Å². The summed E-state index contributed by atoms with van der Waals surface area (Å²) >= 11 is 12.4. The van der Waals surface area contributed by atoms with Gasteiger partial charge in [0.05, 0.1) is 12.0 Å². The molecule has 0 saturated heterocycles. The van der Waals surface area contributed by atoms with Gasteiger partial charge >= 0.3 is 12.1 Å². The Labute approximate surface area is 244 Å². The van der Waals surface area contributed by atoms with Gasteiger partial charge in [-0.05, 0) is 69.0 Å². The quantitative estimate of drug-likeness (QED) is 0.239. The second-order valence-electron chi connectivity index (χ2n) is 10.4. The Balaban J connectivity index is 1.72. The maximum atomic E-state index is 13.4. The molecule has 0 bridgehead atoms.